The smallest absolute Gasteiger partial charge is 0.336 e. The molecule has 0 aliphatic carbocycles. The lowest BCUT2D eigenvalue weighted by atomic mass is 10.0. The van der Waals surface area contributed by atoms with Crippen molar-refractivity contribution in [1.29, 1.82) is 0 Å². The standard InChI is InChI=1S/C17H16O6S/c1-23-16-10-11(3-8-15(16)18)9-14(17(19)20)12-4-6-13(7-5-12)24(2,21)22/h3-10,18H,1-2H3,(H,19,20)/b14-9+. The molecule has 2 N–H and O–H groups in total. The molecule has 2 aromatic rings. The monoisotopic (exact) mass is 348 g/mol. The van der Waals surface area contributed by atoms with Gasteiger partial charge in [-0.05, 0) is 41.5 Å². The van der Waals surface area contributed by atoms with Crippen LogP contribution in [0.1, 0.15) is 11.1 Å². The summed E-state index contributed by atoms with van der Waals surface area (Å²) in [6, 6.07) is 10.0. The van der Waals surface area contributed by atoms with Gasteiger partial charge in [-0.25, -0.2) is 13.2 Å². The molecule has 0 aliphatic heterocycles. The number of sulfone groups is 1. The average molecular weight is 348 g/mol. The van der Waals surface area contributed by atoms with Crippen molar-refractivity contribution in [2.45, 2.75) is 4.90 Å². The Morgan fingerprint density at radius 2 is 1.75 bits per heavy atom. The van der Waals surface area contributed by atoms with Crippen molar-refractivity contribution in [3.8, 4) is 11.5 Å². The van der Waals surface area contributed by atoms with Crippen LogP contribution in [-0.2, 0) is 14.6 Å². The number of carboxylic acid groups (broad SMARTS) is 1. The predicted octanol–water partition coefficient (Wildman–Crippen LogP) is 2.43. The Kier molecular flexibility index (Phi) is 4.94. The van der Waals surface area contributed by atoms with Crippen molar-refractivity contribution in [2.24, 2.45) is 0 Å². The first-order valence-electron chi connectivity index (χ1n) is 6.85. The van der Waals surface area contributed by atoms with Crippen molar-refractivity contribution >= 4 is 27.5 Å². The van der Waals surface area contributed by atoms with Crippen LogP contribution in [0.15, 0.2) is 47.4 Å². The summed E-state index contributed by atoms with van der Waals surface area (Å²) in [5.41, 5.74) is 0.874. The summed E-state index contributed by atoms with van der Waals surface area (Å²) >= 11 is 0. The zero-order valence-corrected chi connectivity index (χ0v) is 13.9. The van der Waals surface area contributed by atoms with E-state index in [2.05, 4.69) is 0 Å². The minimum atomic E-state index is -3.35. The first-order chi connectivity index (χ1) is 11.2. The normalized spacial score (nSPS) is 12.0. The van der Waals surface area contributed by atoms with E-state index in [1.807, 2.05) is 0 Å². The van der Waals surface area contributed by atoms with E-state index in [9.17, 15) is 23.4 Å². The maximum atomic E-state index is 11.5. The Labute approximate surface area is 139 Å². The topological polar surface area (TPSA) is 101 Å². The summed E-state index contributed by atoms with van der Waals surface area (Å²) < 4.78 is 27.9. The molecule has 6 nitrogen and oxygen atoms in total. The Balaban J connectivity index is 2.48. The molecule has 0 spiro atoms. The van der Waals surface area contributed by atoms with Gasteiger partial charge in [0.2, 0.25) is 0 Å². The van der Waals surface area contributed by atoms with Crippen molar-refractivity contribution in [3.63, 3.8) is 0 Å². The van der Waals surface area contributed by atoms with E-state index in [1.54, 1.807) is 6.07 Å². The van der Waals surface area contributed by atoms with Gasteiger partial charge in [0.15, 0.2) is 21.3 Å². The molecule has 2 aromatic carbocycles. The number of rotatable bonds is 5. The van der Waals surface area contributed by atoms with Gasteiger partial charge in [-0.1, -0.05) is 18.2 Å². The second kappa shape index (κ2) is 6.76. The maximum absolute atomic E-state index is 11.5. The number of methoxy groups -OCH3 is 1. The first-order valence-corrected chi connectivity index (χ1v) is 8.74. The minimum absolute atomic E-state index is 0.0113. The van der Waals surface area contributed by atoms with E-state index in [-0.39, 0.29) is 22.0 Å². The summed E-state index contributed by atoms with van der Waals surface area (Å²) in [4.78, 5) is 11.7. The molecule has 24 heavy (non-hydrogen) atoms. The van der Waals surface area contributed by atoms with Crippen LogP contribution in [0.4, 0.5) is 0 Å². The highest BCUT2D eigenvalue weighted by Crippen LogP contribution is 2.28. The third kappa shape index (κ3) is 3.94. The fourth-order valence-electron chi connectivity index (χ4n) is 2.10. The van der Waals surface area contributed by atoms with Gasteiger partial charge in [-0.15, -0.1) is 0 Å². The Morgan fingerprint density at radius 3 is 2.25 bits per heavy atom. The Bertz CT molecular complexity index is 895. The zero-order chi connectivity index (χ0) is 17.9. The predicted molar refractivity (Wildman–Crippen MR) is 89.7 cm³/mol. The highest BCUT2D eigenvalue weighted by atomic mass is 32.2. The Hall–Kier alpha value is -2.80. The van der Waals surface area contributed by atoms with Crippen LogP contribution >= 0.6 is 0 Å². The number of aliphatic carboxylic acids is 1. The third-order valence-corrected chi connectivity index (χ3v) is 4.47. The molecule has 0 atom stereocenters. The molecular weight excluding hydrogens is 332 g/mol. The number of benzene rings is 2. The van der Waals surface area contributed by atoms with Crippen LogP contribution in [0.5, 0.6) is 11.5 Å². The van der Waals surface area contributed by atoms with Crippen LogP contribution < -0.4 is 4.74 Å². The lowest BCUT2D eigenvalue weighted by Gasteiger charge is -2.07. The second-order valence-electron chi connectivity index (χ2n) is 5.09. The lowest BCUT2D eigenvalue weighted by molar-refractivity contribution is -0.130. The van der Waals surface area contributed by atoms with E-state index < -0.39 is 15.8 Å². The molecule has 0 unspecified atom stereocenters. The van der Waals surface area contributed by atoms with Crippen LogP contribution in [0.3, 0.4) is 0 Å². The van der Waals surface area contributed by atoms with Crippen molar-refractivity contribution in [3.05, 3.63) is 53.6 Å². The summed E-state index contributed by atoms with van der Waals surface area (Å²) in [7, 11) is -1.96. The number of hydrogen-bond acceptors (Lipinski definition) is 5. The average Bonchev–Trinajstić information content (AvgIpc) is 2.53. The molecule has 126 valence electrons. The summed E-state index contributed by atoms with van der Waals surface area (Å²) in [6.07, 6.45) is 2.50. The summed E-state index contributed by atoms with van der Waals surface area (Å²) in [6.45, 7) is 0. The van der Waals surface area contributed by atoms with Gasteiger partial charge >= 0.3 is 5.97 Å². The molecule has 0 amide bonds. The number of phenols is 1. The molecule has 0 heterocycles. The van der Waals surface area contributed by atoms with Crippen LogP contribution in [0.25, 0.3) is 11.6 Å². The minimum Gasteiger partial charge on any atom is -0.504 e. The number of ether oxygens (including phenoxy) is 1. The maximum Gasteiger partial charge on any atom is 0.336 e. The van der Waals surface area contributed by atoms with Crippen LogP contribution in [0.2, 0.25) is 0 Å². The number of carboxylic acids is 1. The van der Waals surface area contributed by atoms with Crippen molar-refractivity contribution in [2.75, 3.05) is 13.4 Å². The number of phenolic OH excluding ortho intramolecular Hbond substituents is 1. The molecule has 0 saturated carbocycles. The van der Waals surface area contributed by atoms with E-state index in [1.165, 1.54) is 49.6 Å². The third-order valence-electron chi connectivity index (χ3n) is 3.34. The first kappa shape index (κ1) is 17.6. The van der Waals surface area contributed by atoms with Gasteiger partial charge in [0, 0.05) is 6.26 Å². The van der Waals surface area contributed by atoms with Gasteiger partial charge in [0.1, 0.15) is 0 Å². The van der Waals surface area contributed by atoms with Gasteiger partial charge in [0.05, 0.1) is 17.6 Å². The quantitative estimate of drug-likeness (QED) is 0.636. The fourth-order valence-corrected chi connectivity index (χ4v) is 2.73. The number of aromatic hydroxyl groups is 1. The number of hydrogen-bond donors (Lipinski definition) is 2. The molecule has 0 aromatic heterocycles. The van der Waals surface area contributed by atoms with Gasteiger partial charge in [0.25, 0.3) is 0 Å². The highest BCUT2D eigenvalue weighted by molar-refractivity contribution is 7.90. The molecule has 7 heteroatoms. The number of carbonyl (C=O) groups is 1. The molecule has 2 rings (SSSR count). The lowest BCUT2D eigenvalue weighted by Crippen LogP contribution is -2.01. The van der Waals surface area contributed by atoms with E-state index in [4.69, 9.17) is 4.74 Å². The van der Waals surface area contributed by atoms with E-state index >= 15 is 0 Å². The SMILES string of the molecule is COc1cc(/C=C(/C(=O)O)c2ccc(S(C)(=O)=O)cc2)ccc1O. The molecule has 0 bridgehead atoms. The molecule has 0 fully saturated rings. The molecule has 0 saturated heterocycles. The largest absolute Gasteiger partial charge is 0.504 e. The van der Waals surface area contributed by atoms with E-state index in [0.717, 1.165) is 6.26 Å². The molecule has 0 radical (unpaired) electrons. The molecule has 0 aliphatic rings. The Morgan fingerprint density at radius 1 is 1.12 bits per heavy atom. The van der Waals surface area contributed by atoms with Gasteiger partial charge in [-0.2, -0.15) is 0 Å². The van der Waals surface area contributed by atoms with E-state index in [0.29, 0.717) is 11.1 Å². The fraction of sp³-hybridized carbons (Fsp3) is 0.118. The van der Waals surface area contributed by atoms with Crippen molar-refractivity contribution < 1.29 is 28.2 Å². The summed E-state index contributed by atoms with van der Waals surface area (Å²) in [5, 5.41) is 19.0. The molecular formula is C17H16O6S. The van der Waals surface area contributed by atoms with Gasteiger partial charge < -0.3 is 14.9 Å². The zero-order valence-electron chi connectivity index (χ0n) is 13.1. The second-order valence-corrected chi connectivity index (χ2v) is 7.11. The summed E-state index contributed by atoms with van der Waals surface area (Å²) in [5.74, 6) is -0.987. The van der Waals surface area contributed by atoms with Crippen molar-refractivity contribution in [1.82, 2.24) is 0 Å². The van der Waals surface area contributed by atoms with Gasteiger partial charge in [-0.3, -0.25) is 0 Å². The van der Waals surface area contributed by atoms with Crippen LogP contribution in [-0.4, -0.2) is 38.0 Å². The van der Waals surface area contributed by atoms with Crippen LogP contribution in [0, 0.1) is 0 Å². The highest BCUT2D eigenvalue weighted by Gasteiger charge is 2.13.